The standard InChI is InChI=1S/C12H14N4/c1-2-10-7-9(1)8-15(10)11-3-4-14-16-6-5-13-12(11)16/h3-6,9-10H,1-2,7-8H2/t9-,10+/m0/s1. The van der Waals surface area contributed by atoms with Crippen molar-refractivity contribution in [2.45, 2.75) is 25.3 Å². The first kappa shape index (κ1) is 8.56. The van der Waals surface area contributed by atoms with Gasteiger partial charge < -0.3 is 4.90 Å². The summed E-state index contributed by atoms with van der Waals surface area (Å²) < 4.78 is 1.86. The number of rotatable bonds is 1. The van der Waals surface area contributed by atoms with Gasteiger partial charge in [-0.1, -0.05) is 0 Å². The lowest BCUT2D eigenvalue weighted by Crippen LogP contribution is -2.32. The van der Waals surface area contributed by atoms with Crippen molar-refractivity contribution in [3.63, 3.8) is 0 Å². The van der Waals surface area contributed by atoms with Gasteiger partial charge in [0.05, 0.1) is 11.9 Å². The molecule has 0 spiro atoms. The maximum Gasteiger partial charge on any atom is 0.177 e. The van der Waals surface area contributed by atoms with Crippen LogP contribution in [0.25, 0.3) is 5.65 Å². The number of anilines is 1. The molecule has 16 heavy (non-hydrogen) atoms. The quantitative estimate of drug-likeness (QED) is 0.724. The fraction of sp³-hybridized carbons (Fsp3) is 0.500. The van der Waals surface area contributed by atoms with Crippen molar-refractivity contribution in [1.82, 2.24) is 14.6 Å². The van der Waals surface area contributed by atoms with E-state index in [1.165, 1.54) is 31.5 Å². The number of hydrogen-bond acceptors (Lipinski definition) is 3. The Hall–Kier alpha value is -1.58. The second kappa shape index (κ2) is 2.97. The molecule has 1 aliphatic carbocycles. The molecule has 1 aliphatic heterocycles. The molecule has 2 aromatic heterocycles. The van der Waals surface area contributed by atoms with E-state index in [1.807, 2.05) is 23.1 Å². The Morgan fingerprint density at radius 1 is 1.25 bits per heavy atom. The molecule has 3 heterocycles. The molecule has 4 rings (SSSR count). The zero-order valence-corrected chi connectivity index (χ0v) is 9.08. The molecule has 2 fully saturated rings. The zero-order valence-electron chi connectivity index (χ0n) is 9.08. The summed E-state index contributed by atoms with van der Waals surface area (Å²) in [5, 5.41) is 4.26. The van der Waals surface area contributed by atoms with Crippen LogP contribution in [-0.2, 0) is 0 Å². The Kier molecular flexibility index (Phi) is 1.59. The van der Waals surface area contributed by atoms with Gasteiger partial charge in [0, 0.05) is 25.0 Å². The van der Waals surface area contributed by atoms with Crippen molar-refractivity contribution in [2.75, 3.05) is 11.4 Å². The van der Waals surface area contributed by atoms with E-state index in [-0.39, 0.29) is 0 Å². The Balaban J connectivity index is 1.84. The van der Waals surface area contributed by atoms with Crippen LogP contribution in [0.4, 0.5) is 5.69 Å². The Labute approximate surface area is 93.9 Å². The fourth-order valence-corrected chi connectivity index (χ4v) is 3.27. The molecule has 0 N–H and O–H groups in total. The average molecular weight is 214 g/mol. The monoisotopic (exact) mass is 214 g/mol. The molecule has 82 valence electrons. The number of hydrogen-bond donors (Lipinski definition) is 0. The maximum absolute atomic E-state index is 4.41. The Bertz CT molecular complexity index is 533. The zero-order chi connectivity index (χ0) is 10.5. The highest BCUT2D eigenvalue weighted by atomic mass is 15.3. The third-order valence-electron chi connectivity index (χ3n) is 3.99. The smallest absolute Gasteiger partial charge is 0.177 e. The molecule has 2 atom stereocenters. The largest absolute Gasteiger partial charge is 0.365 e. The molecule has 2 aliphatic rings. The van der Waals surface area contributed by atoms with Crippen LogP contribution in [-0.4, -0.2) is 27.2 Å². The molecule has 1 saturated carbocycles. The van der Waals surface area contributed by atoms with Crippen molar-refractivity contribution in [3.05, 3.63) is 24.7 Å². The lowest BCUT2D eigenvalue weighted by atomic mass is 10.1. The third-order valence-corrected chi connectivity index (χ3v) is 3.99. The van der Waals surface area contributed by atoms with Gasteiger partial charge in [0.2, 0.25) is 0 Å². The molecular formula is C12H14N4. The van der Waals surface area contributed by atoms with Gasteiger partial charge in [-0.2, -0.15) is 5.10 Å². The minimum Gasteiger partial charge on any atom is -0.365 e. The van der Waals surface area contributed by atoms with Gasteiger partial charge in [-0.05, 0) is 31.2 Å². The normalized spacial score (nSPS) is 28.1. The summed E-state index contributed by atoms with van der Waals surface area (Å²) in [4.78, 5) is 6.93. The summed E-state index contributed by atoms with van der Waals surface area (Å²) in [6, 6.07) is 2.84. The highest BCUT2D eigenvalue weighted by molar-refractivity contribution is 5.69. The first-order chi connectivity index (χ1) is 7.92. The maximum atomic E-state index is 4.41. The summed E-state index contributed by atoms with van der Waals surface area (Å²) in [6.07, 6.45) is 9.73. The van der Waals surface area contributed by atoms with E-state index in [0.29, 0.717) is 0 Å². The summed E-state index contributed by atoms with van der Waals surface area (Å²) in [5.74, 6) is 0.910. The van der Waals surface area contributed by atoms with Crippen molar-refractivity contribution in [3.8, 4) is 0 Å². The minimum absolute atomic E-state index is 0.743. The predicted octanol–water partition coefficient (Wildman–Crippen LogP) is 1.72. The number of imidazole rings is 1. The van der Waals surface area contributed by atoms with Crippen LogP contribution >= 0.6 is 0 Å². The lowest BCUT2D eigenvalue weighted by molar-refractivity contribution is 0.553. The number of piperidine rings is 1. The highest BCUT2D eigenvalue weighted by Gasteiger charge is 2.38. The van der Waals surface area contributed by atoms with Crippen LogP contribution in [0.3, 0.4) is 0 Å². The summed E-state index contributed by atoms with van der Waals surface area (Å²) in [5.41, 5.74) is 2.25. The highest BCUT2D eigenvalue weighted by Crippen LogP contribution is 2.40. The molecule has 4 nitrogen and oxygen atoms in total. The van der Waals surface area contributed by atoms with Gasteiger partial charge in [0.1, 0.15) is 0 Å². The van der Waals surface area contributed by atoms with E-state index in [4.69, 9.17) is 0 Å². The summed E-state index contributed by atoms with van der Waals surface area (Å²) in [6.45, 7) is 1.21. The fourth-order valence-electron chi connectivity index (χ4n) is 3.27. The number of nitrogens with zero attached hydrogens (tertiary/aromatic N) is 4. The van der Waals surface area contributed by atoms with Crippen LogP contribution in [0, 0.1) is 5.92 Å². The van der Waals surface area contributed by atoms with Crippen molar-refractivity contribution >= 4 is 11.3 Å². The topological polar surface area (TPSA) is 33.4 Å². The molecule has 0 radical (unpaired) electrons. The van der Waals surface area contributed by atoms with Crippen LogP contribution in [0.1, 0.15) is 19.3 Å². The van der Waals surface area contributed by atoms with Crippen LogP contribution < -0.4 is 4.90 Å². The minimum atomic E-state index is 0.743. The summed E-state index contributed by atoms with van der Waals surface area (Å²) >= 11 is 0. The van der Waals surface area contributed by atoms with Gasteiger partial charge in [-0.15, -0.1) is 0 Å². The van der Waals surface area contributed by atoms with Crippen LogP contribution in [0.5, 0.6) is 0 Å². The molecule has 0 aromatic carbocycles. The van der Waals surface area contributed by atoms with E-state index in [0.717, 1.165) is 17.6 Å². The van der Waals surface area contributed by atoms with Gasteiger partial charge in [0.15, 0.2) is 5.65 Å². The molecule has 2 bridgehead atoms. The van der Waals surface area contributed by atoms with Crippen LogP contribution in [0.15, 0.2) is 24.7 Å². The van der Waals surface area contributed by atoms with E-state index < -0.39 is 0 Å². The predicted molar refractivity (Wildman–Crippen MR) is 61.5 cm³/mol. The van der Waals surface area contributed by atoms with E-state index >= 15 is 0 Å². The molecule has 0 unspecified atom stereocenters. The molecule has 2 aromatic rings. The second-order valence-corrected chi connectivity index (χ2v) is 4.90. The van der Waals surface area contributed by atoms with Gasteiger partial charge in [-0.3, -0.25) is 0 Å². The molecule has 1 saturated heterocycles. The summed E-state index contributed by atoms with van der Waals surface area (Å²) in [7, 11) is 0. The van der Waals surface area contributed by atoms with E-state index in [9.17, 15) is 0 Å². The lowest BCUT2D eigenvalue weighted by Gasteiger charge is -2.29. The van der Waals surface area contributed by atoms with Crippen molar-refractivity contribution in [2.24, 2.45) is 5.92 Å². The van der Waals surface area contributed by atoms with Crippen LogP contribution in [0.2, 0.25) is 0 Å². The van der Waals surface area contributed by atoms with E-state index in [1.54, 1.807) is 0 Å². The second-order valence-electron chi connectivity index (χ2n) is 4.90. The van der Waals surface area contributed by atoms with E-state index in [2.05, 4.69) is 21.0 Å². The number of aromatic nitrogens is 3. The third kappa shape index (κ3) is 1.04. The van der Waals surface area contributed by atoms with Crippen molar-refractivity contribution < 1.29 is 0 Å². The van der Waals surface area contributed by atoms with Crippen molar-refractivity contribution in [1.29, 1.82) is 0 Å². The SMILES string of the molecule is c1cn2nccc(N3C[C@H]4CC[C@@H]3C4)c2n1. The molecule has 4 heteroatoms. The average Bonchev–Trinajstić information content (AvgIpc) is 3.03. The first-order valence-corrected chi connectivity index (χ1v) is 5.97. The van der Waals surface area contributed by atoms with Gasteiger partial charge in [0.25, 0.3) is 0 Å². The van der Waals surface area contributed by atoms with Gasteiger partial charge >= 0.3 is 0 Å². The molecular weight excluding hydrogens is 200 g/mol. The number of fused-ring (bicyclic) bond motifs is 3. The Morgan fingerprint density at radius 2 is 2.25 bits per heavy atom. The van der Waals surface area contributed by atoms with Gasteiger partial charge in [-0.25, -0.2) is 9.50 Å². The Morgan fingerprint density at radius 3 is 3.06 bits per heavy atom. The molecule has 0 amide bonds. The first-order valence-electron chi connectivity index (χ1n) is 5.97.